The van der Waals surface area contributed by atoms with Gasteiger partial charge in [-0.1, -0.05) is 6.07 Å². The minimum Gasteiger partial charge on any atom is -0.497 e. The molecule has 0 amide bonds. The molecule has 0 saturated heterocycles. The molecular weight excluding hydrogens is 360 g/mol. The Labute approximate surface area is 151 Å². The van der Waals surface area contributed by atoms with E-state index in [0.29, 0.717) is 16.7 Å². The van der Waals surface area contributed by atoms with Crippen LogP contribution in [0.4, 0.5) is 8.78 Å². The van der Waals surface area contributed by atoms with Crippen molar-refractivity contribution in [3.63, 3.8) is 0 Å². The molecule has 5 nitrogen and oxygen atoms in total. The minimum atomic E-state index is -2.94. The van der Waals surface area contributed by atoms with Crippen molar-refractivity contribution in [2.75, 3.05) is 7.11 Å². The molecular formula is C18H13F2N3O2S. The summed E-state index contributed by atoms with van der Waals surface area (Å²) in [6, 6.07) is 11.1. The van der Waals surface area contributed by atoms with E-state index in [2.05, 4.69) is 19.7 Å². The number of aryl methyl sites for hydroxylation is 1. The zero-order chi connectivity index (χ0) is 18.3. The van der Waals surface area contributed by atoms with E-state index in [9.17, 15) is 8.78 Å². The van der Waals surface area contributed by atoms with Gasteiger partial charge in [0.2, 0.25) is 5.88 Å². The van der Waals surface area contributed by atoms with E-state index in [1.54, 1.807) is 26.2 Å². The van der Waals surface area contributed by atoms with Crippen molar-refractivity contribution in [3.05, 3.63) is 42.1 Å². The van der Waals surface area contributed by atoms with Crippen LogP contribution in [0.15, 0.2) is 36.4 Å². The number of benzene rings is 2. The molecule has 0 aliphatic heterocycles. The second-order valence-electron chi connectivity index (χ2n) is 5.52. The van der Waals surface area contributed by atoms with Crippen LogP contribution in [0.5, 0.6) is 11.6 Å². The predicted octanol–water partition coefficient (Wildman–Crippen LogP) is 4.82. The fourth-order valence-electron chi connectivity index (χ4n) is 2.66. The maximum absolute atomic E-state index is 12.5. The van der Waals surface area contributed by atoms with Gasteiger partial charge in [0.15, 0.2) is 0 Å². The van der Waals surface area contributed by atoms with Crippen LogP contribution in [-0.4, -0.2) is 28.7 Å². The van der Waals surface area contributed by atoms with Gasteiger partial charge in [0.1, 0.15) is 16.5 Å². The van der Waals surface area contributed by atoms with Crippen molar-refractivity contribution < 1.29 is 18.3 Å². The average Bonchev–Trinajstić information content (AvgIpc) is 3.04. The van der Waals surface area contributed by atoms with Crippen molar-refractivity contribution >= 4 is 32.6 Å². The van der Waals surface area contributed by atoms with Gasteiger partial charge in [-0.05, 0) is 37.3 Å². The largest absolute Gasteiger partial charge is 0.497 e. The number of para-hydroxylation sites is 1. The Hall–Kier alpha value is -2.87. The second-order valence-corrected chi connectivity index (χ2v) is 6.55. The number of ether oxygens (including phenoxy) is 2. The van der Waals surface area contributed by atoms with Crippen LogP contribution in [0.2, 0.25) is 0 Å². The number of hydrogen-bond donors (Lipinski definition) is 0. The summed E-state index contributed by atoms with van der Waals surface area (Å²) in [6.45, 7) is -1.35. The van der Waals surface area contributed by atoms with Crippen molar-refractivity contribution in [3.8, 4) is 22.2 Å². The van der Waals surface area contributed by atoms with E-state index in [-0.39, 0.29) is 5.88 Å². The van der Waals surface area contributed by atoms with E-state index in [1.165, 1.54) is 11.3 Å². The molecule has 8 heteroatoms. The SMILES string of the molecule is COc1ccc2nc(-c3cccc4nc(OC(F)F)c(C)nc34)sc2c1. The maximum Gasteiger partial charge on any atom is 0.388 e. The lowest BCUT2D eigenvalue weighted by atomic mass is 10.2. The Balaban J connectivity index is 1.87. The quantitative estimate of drug-likeness (QED) is 0.513. The zero-order valence-electron chi connectivity index (χ0n) is 13.9. The van der Waals surface area contributed by atoms with Gasteiger partial charge in [-0.15, -0.1) is 11.3 Å². The summed E-state index contributed by atoms with van der Waals surface area (Å²) in [6.07, 6.45) is 0. The Morgan fingerprint density at radius 1 is 1.04 bits per heavy atom. The van der Waals surface area contributed by atoms with E-state index in [0.717, 1.165) is 26.5 Å². The molecule has 4 aromatic rings. The summed E-state index contributed by atoms with van der Waals surface area (Å²) in [5.74, 6) is 0.591. The topological polar surface area (TPSA) is 57.1 Å². The summed E-state index contributed by atoms with van der Waals surface area (Å²) in [5.41, 5.74) is 3.01. The first-order valence-electron chi connectivity index (χ1n) is 7.72. The van der Waals surface area contributed by atoms with Crippen LogP contribution < -0.4 is 9.47 Å². The lowest BCUT2D eigenvalue weighted by Crippen LogP contribution is -2.06. The monoisotopic (exact) mass is 373 g/mol. The molecule has 0 bridgehead atoms. The number of halogens is 2. The molecule has 0 atom stereocenters. The molecule has 2 heterocycles. The Morgan fingerprint density at radius 3 is 2.65 bits per heavy atom. The van der Waals surface area contributed by atoms with Gasteiger partial charge >= 0.3 is 6.61 Å². The van der Waals surface area contributed by atoms with E-state index >= 15 is 0 Å². The predicted molar refractivity (Wildman–Crippen MR) is 96.1 cm³/mol. The highest BCUT2D eigenvalue weighted by Crippen LogP contribution is 2.35. The average molecular weight is 373 g/mol. The molecule has 0 unspecified atom stereocenters. The molecule has 0 aliphatic rings. The van der Waals surface area contributed by atoms with Gasteiger partial charge in [-0.2, -0.15) is 8.78 Å². The number of rotatable bonds is 4. The van der Waals surface area contributed by atoms with Gasteiger partial charge < -0.3 is 9.47 Å². The van der Waals surface area contributed by atoms with Crippen LogP contribution >= 0.6 is 11.3 Å². The summed E-state index contributed by atoms with van der Waals surface area (Å²) >= 11 is 1.51. The summed E-state index contributed by atoms with van der Waals surface area (Å²) < 4.78 is 35.7. The third-order valence-corrected chi connectivity index (χ3v) is 4.90. The van der Waals surface area contributed by atoms with Crippen LogP contribution in [0.25, 0.3) is 31.8 Å². The Morgan fingerprint density at radius 2 is 1.88 bits per heavy atom. The number of thiazole rings is 1. The molecule has 132 valence electrons. The number of nitrogens with zero attached hydrogens (tertiary/aromatic N) is 3. The number of alkyl halides is 2. The summed E-state index contributed by atoms with van der Waals surface area (Å²) in [7, 11) is 1.62. The van der Waals surface area contributed by atoms with E-state index in [1.807, 2.05) is 24.3 Å². The second kappa shape index (κ2) is 6.45. The highest BCUT2D eigenvalue weighted by Gasteiger charge is 2.16. The summed E-state index contributed by atoms with van der Waals surface area (Å²) in [5, 5.41) is 0.773. The van der Waals surface area contributed by atoms with Gasteiger partial charge in [0.25, 0.3) is 0 Å². The maximum atomic E-state index is 12.5. The van der Waals surface area contributed by atoms with Crippen LogP contribution in [0, 0.1) is 6.92 Å². The first kappa shape index (κ1) is 16.6. The van der Waals surface area contributed by atoms with Crippen molar-refractivity contribution in [1.29, 1.82) is 0 Å². The molecule has 2 aromatic carbocycles. The molecule has 0 radical (unpaired) electrons. The molecule has 2 aromatic heterocycles. The standard InChI is InChI=1S/C18H13F2N3O2S/c1-9-16(25-18(19)20)22-13-5-3-4-11(15(13)21-9)17-23-12-7-6-10(24-2)8-14(12)26-17/h3-8,18H,1-2H3. The zero-order valence-corrected chi connectivity index (χ0v) is 14.7. The fourth-order valence-corrected chi connectivity index (χ4v) is 3.68. The molecule has 0 fully saturated rings. The van der Waals surface area contributed by atoms with Crippen molar-refractivity contribution in [2.24, 2.45) is 0 Å². The highest BCUT2D eigenvalue weighted by molar-refractivity contribution is 7.21. The Kier molecular flexibility index (Phi) is 4.12. The molecule has 26 heavy (non-hydrogen) atoms. The first-order valence-corrected chi connectivity index (χ1v) is 8.54. The molecule has 0 N–H and O–H groups in total. The van der Waals surface area contributed by atoms with E-state index < -0.39 is 6.61 Å². The first-order chi connectivity index (χ1) is 12.5. The lowest BCUT2D eigenvalue weighted by molar-refractivity contribution is -0.0533. The molecule has 0 saturated carbocycles. The normalized spacial score (nSPS) is 11.4. The third kappa shape index (κ3) is 2.92. The Bertz CT molecular complexity index is 1110. The third-order valence-electron chi connectivity index (χ3n) is 3.85. The minimum absolute atomic E-state index is 0.168. The van der Waals surface area contributed by atoms with Gasteiger partial charge in [-0.25, -0.2) is 15.0 Å². The van der Waals surface area contributed by atoms with Crippen molar-refractivity contribution in [2.45, 2.75) is 13.5 Å². The van der Waals surface area contributed by atoms with Gasteiger partial charge in [-0.3, -0.25) is 0 Å². The molecule has 0 spiro atoms. The summed E-state index contributed by atoms with van der Waals surface area (Å²) in [4.78, 5) is 13.3. The number of aromatic nitrogens is 3. The highest BCUT2D eigenvalue weighted by atomic mass is 32.1. The molecule has 0 aliphatic carbocycles. The number of methoxy groups -OCH3 is 1. The van der Waals surface area contributed by atoms with E-state index in [4.69, 9.17) is 4.74 Å². The lowest BCUT2D eigenvalue weighted by Gasteiger charge is -2.09. The molecule has 4 rings (SSSR count). The van der Waals surface area contributed by atoms with Crippen LogP contribution in [0.3, 0.4) is 0 Å². The van der Waals surface area contributed by atoms with Crippen LogP contribution in [-0.2, 0) is 0 Å². The number of fused-ring (bicyclic) bond motifs is 2. The fraction of sp³-hybridized carbons (Fsp3) is 0.167. The number of hydrogen-bond acceptors (Lipinski definition) is 6. The van der Waals surface area contributed by atoms with Crippen LogP contribution in [0.1, 0.15) is 5.69 Å². The smallest absolute Gasteiger partial charge is 0.388 e. The van der Waals surface area contributed by atoms with Crippen molar-refractivity contribution in [1.82, 2.24) is 15.0 Å². The van der Waals surface area contributed by atoms with Gasteiger partial charge in [0.05, 0.1) is 28.4 Å². The van der Waals surface area contributed by atoms with Gasteiger partial charge in [0, 0.05) is 5.56 Å².